The molecule has 1 aliphatic rings. The van der Waals surface area contributed by atoms with Crippen LogP contribution in [-0.2, 0) is 20.2 Å². The van der Waals surface area contributed by atoms with Crippen molar-refractivity contribution in [2.45, 2.75) is 44.3 Å². The van der Waals surface area contributed by atoms with Gasteiger partial charge in [0.05, 0.1) is 12.9 Å². The van der Waals surface area contributed by atoms with E-state index in [1.165, 1.54) is 10.9 Å². The zero-order valence-electron chi connectivity index (χ0n) is 13.7. The van der Waals surface area contributed by atoms with Crippen LogP contribution in [0.5, 0.6) is 0 Å². The van der Waals surface area contributed by atoms with Crippen LogP contribution in [-0.4, -0.2) is 64.4 Å². The molecular weight excluding hydrogens is 371 g/mol. The number of nitrogens with one attached hydrogen (secondary N) is 1. The maximum atomic E-state index is 12.1. The number of aromatic amines is 1. The number of phosphoric ester groups is 1. The molecule has 0 aromatic carbocycles. The van der Waals surface area contributed by atoms with Crippen molar-refractivity contribution in [1.82, 2.24) is 19.5 Å². The summed E-state index contributed by atoms with van der Waals surface area (Å²) in [4.78, 5) is 40.5. The third-order valence-corrected chi connectivity index (χ3v) is 4.47. The van der Waals surface area contributed by atoms with Crippen molar-refractivity contribution >= 4 is 19.0 Å². The highest BCUT2D eigenvalue weighted by molar-refractivity contribution is 7.46. The van der Waals surface area contributed by atoms with Gasteiger partial charge in [-0.1, -0.05) is 6.92 Å². The summed E-state index contributed by atoms with van der Waals surface area (Å²) in [7, 11) is -4.75. The van der Waals surface area contributed by atoms with Gasteiger partial charge >= 0.3 is 7.82 Å². The van der Waals surface area contributed by atoms with Crippen LogP contribution in [0.4, 0.5) is 0 Å². The smallest absolute Gasteiger partial charge is 0.387 e. The largest absolute Gasteiger partial charge is 0.469 e. The summed E-state index contributed by atoms with van der Waals surface area (Å²) in [5.41, 5.74) is -0.221. The number of aliphatic hydroxyl groups is 2. The van der Waals surface area contributed by atoms with E-state index in [-0.39, 0.29) is 11.2 Å². The third kappa shape index (κ3) is 3.71. The van der Waals surface area contributed by atoms with Crippen molar-refractivity contribution < 1.29 is 33.8 Å². The van der Waals surface area contributed by atoms with Crippen LogP contribution in [0.15, 0.2) is 11.1 Å². The van der Waals surface area contributed by atoms with Gasteiger partial charge in [0.15, 0.2) is 17.4 Å². The molecule has 2 aromatic rings. The molecule has 0 radical (unpaired) electrons. The lowest BCUT2D eigenvalue weighted by Crippen LogP contribution is -2.33. The Balaban J connectivity index is 1.91. The van der Waals surface area contributed by atoms with Crippen LogP contribution in [0.25, 0.3) is 11.2 Å². The van der Waals surface area contributed by atoms with Gasteiger partial charge in [-0.3, -0.25) is 13.9 Å². The number of rotatable bonds is 6. The second-order valence-electron chi connectivity index (χ2n) is 5.92. The summed E-state index contributed by atoms with van der Waals surface area (Å²) in [6, 6.07) is 0. The molecule has 1 aliphatic heterocycles. The van der Waals surface area contributed by atoms with Gasteiger partial charge in [0.2, 0.25) is 0 Å². The monoisotopic (exact) mass is 390 g/mol. The first-order chi connectivity index (χ1) is 12.2. The van der Waals surface area contributed by atoms with Gasteiger partial charge in [-0.05, 0) is 6.42 Å². The maximum absolute atomic E-state index is 12.1. The highest BCUT2D eigenvalue weighted by Crippen LogP contribution is 2.38. The number of aromatic nitrogens is 4. The predicted octanol–water partition coefficient (Wildman–Crippen LogP) is -1.20. The molecule has 3 rings (SSSR count). The number of hydrogen-bond acceptors (Lipinski definition) is 8. The van der Waals surface area contributed by atoms with Crippen molar-refractivity contribution in [2.24, 2.45) is 0 Å². The minimum Gasteiger partial charge on any atom is -0.387 e. The molecule has 0 amide bonds. The van der Waals surface area contributed by atoms with E-state index in [2.05, 4.69) is 19.5 Å². The van der Waals surface area contributed by atoms with Crippen molar-refractivity contribution in [2.75, 3.05) is 6.61 Å². The Kier molecular flexibility index (Phi) is 5.26. The van der Waals surface area contributed by atoms with Gasteiger partial charge in [-0.2, -0.15) is 0 Å². The van der Waals surface area contributed by atoms with Crippen LogP contribution in [0.1, 0.15) is 25.4 Å². The number of fused-ring (bicyclic) bond motifs is 1. The van der Waals surface area contributed by atoms with Crippen molar-refractivity contribution in [1.29, 1.82) is 0 Å². The summed E-state index contributed by atoms with van der Waals surface area (Å²) in [5.74, 6) is 0.446. The van der Waals surface area contributed by atoms with Crippen LogP contribution >= 0.6 is 7.82 Å². The number of hydrogen-bond donors (Lipinski definition) is 5. The number of imidazole rings is 1. The molecule has 1 fully saturated rings. The first-order valence-corrected chi connectivity index (χ1v) is 9.41. The molecule has 13 heteroatoms. The van der Waals surface area contributed by atoms with Gasteiger partial charge in [0.25, 0.3) is 5.56 Å². The average molecular weight is 390 g/mol. The van der Waals surface area contributed by atoms with E-state index in [0.717, 1.165) is 6.42 Å². The van der Waals surface area contributed by atoms with Gasteiger partial charge in [0.1, 0.15) is 24.1 Å². The lowest BCUT2D eigenvalue weighted by atomic mass is 10.1. The van der Waals surface area contributed by atoms with E-state index < -0.39 is 44.5 Å². The van der Waals surface area contributed by atoms with Gasteiger partial charge in [-0.25, -0.2) is 14.5 Å². The minimum absolute atomic E-state index is 0.0464. The summed E-state index contributed by atoms with van der Waals surface area (Å²) in [6.07, 6.45) is -2.69. The van der Waals surface area contributed by atoms with E-state index in [0.29, 0.717) is 12.2 Å². The molecule has 1 unspecified atom stereocenters. The molecule has 1 saturated heterocycles. The van der Waals surface area contributed by atoms with E-state index in [1.54, 1.807) is 0 Å². The fraction of sp³-hybridized carbons (Fsp3) is 0.615. The second kappa shape index (κ2) is 7.16. The highest BCUT2D eigenvalue weighted by Gasteiger charge is 2.45. The van der Waals surface area contributed by atoms with E-state index in [1.807, 2.05) is 6.92 Å². The molecular formula is C13H19N4O8P. The lowest BCUT2D eigenvalue weighted by Gasteiger charge is -2.16. The van der Waals surface area contributed by atoms with Gasteiger partial charge < -0.3 is 29.7 Å². The zero-order chi connectivity index (χ0) is 19.1. The number of ether oxygens (including phenoxy) is 1. The molecule has 0 spiro atoms. The number of nitrogens with zero attached hydrogens (tertiary/aromatic N) is 3. The fourth-order valence-corrected chi connectivity index (χ4v) is 3.12. The van der Waals surface area contributed by atoms with Crippen LogP contribution in [0.3, 0.4) is 0 Å². The molecule has 4 atom stereocenters. The van der Waals surface area contributed by atoms with Crippen LogP contribution in [0, 0.1) is 0 Å². The molecule has 12 nitrogen and oxygen atoms in total. The van der Waals surface area contributed by atoms with Crippen LogP contribution < -0.4 is 5.56 Å². The molecule has 3 heterocycles. The van der Waals surface area contributed by atoms with Crippen molar-refractivity contribution in [3.8, 4) is 0 Å². The maximum Gasteiger partial charge on any atom is 0.469 e. The highest BCUT2D eigenvalue weighted by atomic mass is 31.2. The fourth-order valence-electron chi connectivity index (χ4n) is 2.78. The van der Waals surface area contributed by atoms with Crippen molar-refractivity contribution in [3.63, 3.8) is 0 Å². The number of aryl methyl sites for hydroxylation is 1. The molecule has 0 bridgehead atoms. The van der Waals surface area contributed by atoms with Gasteiger partial charge in [-0.15, -0.1) is 0 Å². The van der Waals surface area contributed by atoms with E-state index in [9.17, 15) is 19.6 Å². The SMILES string of the molecule is CCCc1nc2c(ncn2C2O[C@@H](COP(=O)(O)O)[C@H](O)[C@@H]2O)c(=O)[nH]1. The number of phosphoric acid groups is 1. The van der Waals surface area contributed by atoms with E-state index >= 15 is 0 Å². The Bertz CT molecular complexity index is 892. The Morgan fingerprint density at radius 2 is 2.12 bits per heavy atom. The topological polar surface area (TPSA) is 180 Å². The standard InChI is InChI=1S/C13H19N4O8P/c1-2-3-7-15-11-8(12(20)16-7)14-5-17(11)13-10(19)9(18)6(25-13)4-24-26(21,22)23/h5-6,9-10,13,18-19H,2-4H2,1H3,(H,15,16,20)(H2,21,22,23)/t6-,9-,10-,13?/m0/s1. The summed E-state index contributed by atoms with van der Waals surface area (Å²) < 4.78 is 21.9. The molecule has 0 aliphatic carbocycles. The predicted molar refractivity (Wildman–Crippen MR) is 86.1 cm³/mol. The molecule has 144 valence electrons. The normalized spacial score (nSPS) is 26.7. The average Bonchev–Trinajstić information content (AvgIpc) is 3.08. The third-order valence-electron chi connectivity index (χ3n) is 3.99. The summed E-state index contributed by atoms with van der Waals surface area (Å²) in [6.45, 7) is 1.30. The molecule has 5 N–H and O–H groups in total. The first kappa shape index (κ1) is 19.1. The van der Waals surface area contributed by atoms with Crippen LogP contribution in [0.2, 0.25) is 0 Å². The Morgan fingerprint density at radius 1 is 1.38 bits per heavy atom. The Hall–Kier alpha value is -1.66. The lowest BCUT2D eigenvalue weighted by molar-refractivity contribution is -0.0504. The first-order valence-electron chi connectivity index (χ1n) is 7.88. The Labute approximate surface area is 146 Å². The zero-order valence-corrected chi connectivity index (χ0v) is 14.6. The number of H-pyrrole nitrogens is 1. The number of aliphatic hydroxyl groups excluding tert-OH is 2. The minimum atomic E-state index is -4.75. The summed E-state index contributed by atoms with van der Waals surface area (Å²) in [5, 5.41) is 20.3. The molecule has 0 saturated carbocycles. The van der Waals surface area contributed by atoms with Crippen molar-refractivity contribution in [3.05, 3.63) is 22.5 Å². The molecule has 26 heavy (non-hydrogen) atoms. The summed E-state index contributed by atoms with van der Waals surface area (Å²) >= 11 is 0. The quantitative estimate of drug-likeness (QED) is 0.376. The molecule has 2 aromatic heterocycles. The van der Waals surface area contributed by atoms with E-state index in [4.69, 9.17) is 14.5 Å². The van der Waals surface area contributed by atoms with Gasteiger partial charge in [0, 0.05) is 6.42 Å². The Morgan fingerprint density at radius 3 is 2.77 bits per heavy atom. The second-order valence-corrected chi connectivity index (χ2v) is 7.16.